The van der Waals surface area contributed by atoms with E-state index in [1.807, 2.05) is 0 Å². The van der Waals surface area contributed by atoms with Crippen LogP contribution in [-0.2, 0) is 4.74 Å². The molecule has 0 bridgehead atoms. The first-order valence-corrected chi connectivity index (χ1v) is 3.12. The lowest BCUT2D eigenvalue weighted by Gasteiger charge is -2.24. The molecule has 1 unspecified atom stereocenters. The second-order valence-corrected chi connectivity index (χ2v) is 2.35. The van der Waals surface area contributed by atoms with Gasteiger partial charge in [-0.05, 0) is 6.92 Å². The summed E-state index contributed by atoms with van der Waals surface area (Å²) < 4.78 is 4.84. The van der Waals surface area contributed by atoms with Crippen molar-refractivity contribution in [3.63, 3.8) is 0 Å². The molecule has 1 heterocycles. The number of hydrogen-bond donors (Lipinski definition) is 3. The second-order valence-electron chi connectivity index (χ2n) is 2.35. The summed E-state index contributed by atoms with van der Waals surface area (Å²) in [6.07, 6.45) is -1.16. The molecule has 10 heavy (non-hydrogen) atoms. The Labute approximate surface area is 58.9 Å². The number of rotatable bonds is 0. The number of nitrogens with two attached hydrogens (primary N) is 1. The number of aliphatic hydroxyl groups excluding tert-OH is 2. The summed E-state index contributed by atoms with van der Waals surface area (Å²) in [5.41, 5.74) is 5.66. The molecule has 58 valence electrons. The molecule has 0 aromatic carbocycles. The standard InChI is InChI=1S/C6H11NO3/c1-3-6(9)4(7)2-5(8)10-3/h3,5,8-9H,2,7H2,1H3/t3?,5-/m1/s1. The molecular formula is C6H11NO3. The van der Waals surface area contributed by atoms with Crippen LogP contribution in [0.3, 0.4) is 0 Å². The zero-order valence-electron chi connectivity index (χ0n) is 5.74. The molecule has 0 aromatic heterocycles. The Bertz CT molecular complexity index is 166. The van der Waals surface area contributed by atoms with Crippen molar-refractivity contribution in [3.8, 4) is 0 Å². The molecule has 0 saturated carbocycles. The third-order valence-electron chi connectivity index (χ3n) is 1.47. The van der Waals surface area contributed by atoms with E-state index < -0.39 is 12.4 Å². The molecule has 0 radical (unpaired) electrons. The maximum absolute atomic E-state index is 9.08. The van der Waals surface area contributed by atoms with Gasteiger partial charge in [-0.1, -0.05) is 0 Å². The van der Waals surface area contributed by atoms with Gasteiger partial charge in [-0.15, -0.1) is 0 Å². The van der Waals surface area contributed by atoms with Crippen molar-refractivity contribution in [3.05, 3.63) is 11.5 Å². The van der Waals surface area contributed by atoms with Crippen LogP contribution in [0.1, 0.15) is 13.3 Å². The molecule has 2 atom stereocenters. The second kappa shape index (κ2) is 2.48. The van der Waals surface area contributed by atoms with Gasteiger partial charge in [0.15, 0.2) is 6.29 Å². The normalized spacial score (nSPS) is 34.6. The van der Waals surface area contributed by atoms with Gasteiger partial charge >= 0.3 is 0 Å². The number of ether oxygens (including phenoxy) is 1. The van der Waals surface area contributed by atoms with Crippen molar-refractivity contribution < 1.29 is 14.9 Å². The van der Waals surface area contributed by atoms with Crippen LogP contribution in [0.4, 0.5) is 0 Å². The van der Waals surface area contributed by atoms with Crippen molar-refractivity contribution in [1.29, 1.82) is 0 Å². The van der Waals surface area contributed by atoms with E-state index in [0.29, 0.717) is 5.70 Å². The molecule has 4 nitrogen and oxygen atoms in total. The molecule has 1 aliphatic rings. The quantitative estimate of drug-likeness (QED) is 0.442. The summed E-state index contributed by atoms with van der Waals surface area (Å²) in [4.78, 5) is 0. The molecule has 1 rings (SSSR count). The summed E-state index contributed by atoms with van der Waals surface area (Å²) in [6, 6.07) is 0. The summed E-state index contributed by atoms with van der Waals surface area (Å²) in [7, 11) is 0. The largest absolute Gasteiger partial charge is 0.508 e. The zero-order valence-corrected chi connectivity index (χ0v) is 5.74. The average molecular weight is 145 g/mol. The van der Waals surface area contributed by atoms with Crippen LogP contribution in [0.2, 0.25) is 0 Å². The van der Waals surface area contributed by atoms with Crippen molar-refractivity contribution in [2.75, 3.05) is 0 Å². The Morgan fingerprint density at radius 1 is 1.70 bits per heavy atom. The smallest absolute Gasteiger partial charge is 0.161 e. The van der Waals surface area contributed by atoms with Crippen LogP contribution in [-0.4, -0.2) is 22.6 Å². The van der Waals surface area contributed by atoms with Gasteiger partial charge in [0.2, 0.25) is 0 Å². The first-order chi connectivity index (χ1) is 4.61. The van der Waals surface area contributed by atoms with Crippen molar-refractivity contribution in [2.24, 2.45) is 5.73 Å². The van der Waals surface area contributed by atoms with Gasteiger partial charge in [0, 0.05) is 6.42 Å². The molecule has 0 aromatic rings. The highest BCUT2D eigenvalue weighted by Crippen LogP contribution is 2.18. The highest BCUT2D eigenvalue weighted by molar-refractivity contribution is 5.10. The average Bonchev–Trinajstić information content (AvgIpc) is 1.82. The van der Waals surface area contributed by atoms with E-state index in [2.05, 4.69) is 0 Å². The maximum atomic E-state index is 9.08. The molecule has 4 heteroatoms. The summed E-state index contributed by atoms with van der Waals surface area (Å²) in [6.45, 7) is 1.63. The van der Waals surface area contributed by atoms with Gasteiger partial charge in [-0.3, -0.25) is 0 Å². The lowest BCUT2D eigenvalue weighted by molar-refractivity contribution is -0.137. The lowest BCUT2D eigenvalue weighted by atomic mass is 10.1. The molecule has 0 amide bonds. The predicted molar refractivity (Wildman–Crippen MR) is 35.0 cm³/mol. The minimum Gasteiger partial charge on any atom is -0.508 e. The minimum atomic E-state index is -0.870. The molecule has 4 N–H and O–H groups in total. The van der Waals surface area contributed by atoms with Crippen molar-refractivity contribution >= 4 is 0 Å². The van der Waals surface area contributed by atoms with E-state index in [1.165, 1.54) is 0 Å². The zero-order chi connectivity index (χ0) is 7.72. The Morgan fingerprint density at radius 2 is 2.30 bits per heavy atom. The predicted octanol–water partition coefficient (Wildman–Crippen LogP) is -0.158. The fourth-order valence-electron chi connectivity index (χ4n) is 0.902. The molecule has 0 saturated heterocycles. The van der Waals surface area contributed by atoms with Crippen molar-refractivity contribution in [2.45, 2.75) is 25.7 Å². The maximum Gasteiger partial charge on any atom is 0.161 e. The van der Waals surface area contributed by atoms with E-state index in [4.69, 9.17) is 20.7 Å². The molecule has 0 spiro atoms. The van der Waals surface area contributed by atoms with Crippen LogP contribution in [0.5, 0.6) is 0 Å². The fraction of sp³-hybridized carbons (Fsp3) is 0.667. The first kappa shape index (κ1) is 7.37. The van der Waals surface area contributed by atoms with Crippen LogP contribution in [0.25, 0.3) is 0 Å². The van der Waals surface area contributed by atoms with Gasteiger partial charge in [-0.2, -0.15) is 0 Å². The highest BCUT2D eigenvalue weighted by atomic mass is 16.6. The van der Waals surface area contributed by atoms with Crippen LogP contribution in [0.15, 0.2) is 11.5 Å². The van der Waals surface area contributed by atoms with Gasteiger partial charge in [0.05, 0.1) is 5.70 Å². The number of aliphatic hydroxyl groups is 2. The summed E-state index contributed by atoms with van der Waals surface area (Å²) in [5.74, 6) is 0.0327. The lowest BCUT2D eigenvalue weighted by Crippen LogP contribution is -2.30. The third kappa shape index (κ3) is 1.22. The monoisotopic (exact) mass is 145 g/mol. The third-order valence-corrected chi connectivity index (χ3v) is 1.47. The molecular weight excluding hydrogens is 134 g/mol. The Kier molecular flexibility index (Phi) is 1.82. The Morgan fingerprint density at radius 3 is 2.80 bits per heavy atom. The van der Waals surface area contributed by atoms with E-state index in [9.17, 15) is 0 Å². The van der Waals surface area contributed by atoms with Gasteiger partial charge in [0.25, 0.3) is 0 Å². The van der Waals surface area contributed by atoms with Crippen LogP contribution >= 0.6 is 0 Å². The highest BCUT2D eigenvalue weighted by Gasteiger charge is 2.23. The van der Waals surface area contributed by atoms with E-state index in [1.54, 1.807) is 6.92 Å². The fourth-order valence-corrected chi connectivity index (χ4v) is 0.902. The molecule has 1 aliphatic heterocycles. The Balaban J connectivity index is 2.74. The van der Waals surface area contributed by atoms with E-state index in [0.717, 1.165) is 0 Å². The first-order valence-electron chi connectivity index (χ1n) is 3.12. The van der Waals surface area contributed by atoms with Crippen molar-refractivity contribution in [1.82, 2.24) is 0 Å². The summed E-state index contributed by atoms with van der Waals surface area (Å²) in [5, 5.41) is 18.0. The summed E-state index contributed by atoms with van der Waals surface area (Å²) >= 11 is 0. The Hall–Kier alpha value is -0.740. The van der Waals surface area contributed by atoms with Gasteiger partial charge in [0.1, 0.15) is 11.9 Å². The SMILES string of the molecule is CC1O[C@@H](O)CC(N)=C1O. The van der Waals surface area contributed by atoms with Gasteiger partial charge < -0.3 is 20.7 Å². The van der Waals surface area contributed by atoms with Gasteiger partial charge in [-0.25, -0.2) is 0 Å². The van der Waals surface area contributed by atoms with E-state index >= 15 is 0 Å². The molecule has 0 fully saturated rings. The minimum absolute atomic E-state index is 0.0327. The van der Waals surface area contributed by atoms with Crippen LogP contribution in [0, 0.1) is 0 Å². The van der Waals surface area contributed by atoms with Crippen LogP contribution < -0.4 is 5.73 Å². The molecule has 0 aliphatic carbocycles. The van der Waals surface area contributed by atoms with E-state index in [-0.39, 0.29) is 12.2 Å². The number of hydrogen-bond acceptors (Lipinski definition) is 4. The topological polar surface area (TPSA) is 75.7 Å².